The van der Waals surface area contributed by atoms with Crippen LogP contribution in [0.25, 0.3) is 22.2 Å². The number of amides is 1. The molecule has 11 nitrogen and oxygen atoms in total. The third-order valence-electron chi connectivity index (χ3n) is 8.18. The van der Waals surface area contributed by atoms with Gasteiger partial charge >= 0.3 is 0 Å². The Morgan fingerprint density at radius 2 is 1.98 bits per heavy atom. The SMILES string of the molecule is C=CC(=O)N1CCN(c2ccc3ncnc(Nc4ccc(Oc5cnc6c(c5)ncn6C)c(C)c4F)c3n2)C[C@@H]1C1CC1. The molecule has 2 fully saturated rings. The number of aromatic nitrogens is 6. The zero-order chi connectivity index (χ0) is 29.7. The monoisotopic (exact) mass is 579 g/mol. The molecule has 0 unspecified atom stereocenters. The minimum Gasteiger partial charge on any atom is -0.455 e. The van der Waals surface area contributed by atoms with E-state index in [4.69, 9.17) is 9.72 Å². The van der Waals surface area contributed by atoms with Crippen molar-refractivity contribution in [3.63, 3.8) is 0 Å². The standard InChI is InChI=1S/C31H30FN9O2/c1-4-27(42)41-12-11-40(15-24(41)19-5-6-19)26-10-8-22-29(38-26)30(35-16-34-22)37-21-7-9-25(18(2)28(21)32)43-20-13-23-31(33-14-20)39(3)17-36-23/h4,7-10,13-14,16-17,19,24H,1,5-6,11-12,15H2,2-3H3,(H,34,35,37)/t24-/m1/s1. The van der Waals surface area contributed by atoms with Crippen molar-refractivity contribution in [2.45, 2.75) is 25.8 Å². The molecule has 5 heterocycles. The van der Waals surface area contributed by atoms with Crippen molar-refractivity contribution < 1.29 is 13.9 Å². The van der Waals surface area contributed by atoms with Crippen LogP contribution < -0.4 is 15.0 Å². The summed E-state index contributed by atoms with van der Waals surface area (Å²) < 4.78 is 23.4. The van der Waals surface area contributed by atoms with Crippen LogP contribution in [-0.2, 0) is 11.8 Å². The average Bonchev–Trinajstić information content (AvgIpc) is 3.82. The highest BCUT2D eigenvalue weighted by Gasteiger charge is 2.40. The van der Waals surface area contributed by atoms with Crippen molar-refractivity contribution in [1.82, 2.24) is 34.4 Å². The van der Waals surface area contributed by atoms with Gasteiger partial charge in [0.05, 0.1) is 29.8 Å². The Balaban J connectivity index is 1.14. The summed E-state index contributed by atoms with van der Waals surface area (Å²) in [5.74, 6) is 1.99. The minimum absolute atomic E-state index is 0.0254. The number of carbonyl (C=O) groups excluding carboxylic acids is 1. The van der Waals surface area contributed by atoms with E-state index in [0.29, 0.717) is 65.0 Å². The number of hydrogen-bond acceptors (Lipinski definition) is 9. The molecule has 1 saturated carbocycles. The van der Waals surface area contributed by atoms with E-state index in [0.717, 1.165) is 24.3 Å². The second-order valence-corrected chi connectivity index (χ2v) is 11.0. The summed E-state index contributed by atoms with van der Waals surface area (Å²) in [4.78, 5) is 39.0. The highest BCUT2D eigenvalue weighted by Crippen LogP contribution is 2.38. The quantitative estimate of drug-likeness (QED) is 0.269. The van der Waals surface area contributed by atoms with Gasteiger partial charge in [-0.2, -0.15) is 0 Å². The van der Waals surface area contributed by atoms with Crippen molar-refractivity contribution >= 4 is 45.4 Å². The predicted octanol–water partition coefficient (Wildman–Crippen LogP) is 4.90. The number of hydrogen-bond donors (Lipinski definition) is 1. The number of fused-ring (bicyclic) bond motifs is 2. The predicted molar refractivity (Wildman–Crippen MR) is 161 cm³/mol. The molecular weight excluding hydrogens is 549 g/mol. The molecule has 1 aliphatic carbocycles. The lowest BCUT2D eigenvalue weighted by Gasteiger charge is -2.42. The van der Waals surface area contributed by atoms with E-state index in [1.165, 1.54) is 12.4 Å². The van der Waals surface area contributed by atoms with Crippen molar-refractivity contribution in [3.8, 4) is 11.5 Å². The molecule has 12 heteroatoms. The van der Waals surface area contributed by atoms with Gasteiger partial charge in [0, 0.05) is 38.3 Å². The lowest BCUT2D eigenvalue weighted by atomic mass is 10.1. The van der Waals surface area contributed by atoms with E-state index in [1.54, 1.807) is 37.6 Å². The number of aryl methyl sites for hydroxylation is 1. The molecule has 0 radical (unpaired) electrons. The van der Waals surface area contributed by atoms with Crippen LogP contribution in [0.1, 0.15) is 18.4 Å². The van der Waals surface area contributed by atoms with Crippen molar-refractivity contribution in [3.05, 3.63) is 73.2 Å². The molecule has 5 aromatic rings. The number of piperazine rings is 1. The summed E-state index contributed by atoms with van der Waals surface area (Å²) in [5.41, 5.74) is 3.15. The molecule has 43 heavy (non-hydrogen) atoms. The first-order valence-electron chi connectivity index (χ1n) is 14.2. The number of halogens is 1. The van der Waals surface area contributed by atoms with Crippen LogP contribution in [-0.4, -0.2) is 66.0 Å². The first kappa shape index (κ1) is 26.7. The number of benzene rings is 1. The Bertz CT molecular complexity index is 1890. The van der Waals surface area contributed by atoms with Gasteiger partial charge in [0.1, 0.15) is 34.7 Å². The first-order valence-corrected chi connectivity index (χ1v) is 14.2. The highest BCUT2D eigenvalue weighted by molar-refractivity contribution is 5.89. The Morgan fingerprint density at radius 1 is 1.12 bits per heavy atom. The smallest absolute Gasteiger partial charge is 0.246 e. The lowest BCUT2D eigenvalue weighted by molar-refractivity contribution is -0.129. The molecular formula is C31H30FN9O2. The third-order valence-corrected chi connectivity index (χ3v) is 8.18. The molecule has 4 aromatic heterocycles. The molecule has 1 saturated heterocycles. The Labute approximate surface area is 247 Å². The van der Waals surface area contributed by atoms with Gasteiger partial charge in [0.25, 0.3) is 0 Å². The van der Waals surface area contributed by atoms with Crippen LogP contribution in [0.2, 0.25) is 0 Å². The molecule has 0 spiro atoms. The molecule has 1 aliphatic heterocycles. The van der Waals surface area contributed by atoms with E-state index in [1.807, 2.05) is 28.6 Å². The lowest BCUT2D eigenvalue weighted by Crippen LogP contribution is -2.56. The summed E-state index contributed by atoms with van der Waals surface area (Å²) in [6, 6.07) is 9.03. The van der Waals surface area contributed by atoms with E-state index >= 15 is 4.39 Å². The van der Waals surface area contributed by atoms with E-state index < -0.39 is 5.82 Å². The van der Waals surface area contributed by atoms with Gasteiger partial charge in [-0.1, -0.05) is 6.58 Å². The number of pyridine rings is 2. The van der Waals surface area contributed by atoms with Gasteiger partial charge in [-0.25, -0.2) is 29.3 Å². The Morgan fingerprint density at radius 3 is 2.79 bits per heavy atom. The molecule has 2 aliphatic rings. The number of ether oxygens (including phenoxy) is 1. The molecule has 1 atom stereocenters. The fourth-order valence-electron chi connectivity index (χ4n) is 5.67. The third kappa shape index (κ3) is 4.98. The van der Waals surface area contributed by atoms with Crippen LogP contribution in [0, 0.1) is 18.7 Å². The highest BCUT2D eigenvalue weighted by atomic mass is 19.1. The fourth-order valence-corrected chi connectivity index (χ4v) is 5.67. The zero-order valence-electron chi connectivity index (χ0n) is 23.9. The van der Waals surface area contributed by atoms with Crippen LogP contribution in [0.3, 0.4) is 0 Å². The van der Waals surface area contributed by atoms with Gasteiger partial charge in [0.15, 0.2) is 17.3 Å². The maximum absolute atomic E-state index is 15.6. The molecule has 1 aromatic carbocycles. The zero-order valence-corrected chi connectivity index (χ0v) is 23.9. The van der Waals surface area contributed by atoms with Crippen molar-refractivity contribution in [2.24, 2.45) is 13.0 Å². The van der Waals surface area contributed by atoms with Gasteiger partial charge in [-0.05, 0) is 56.0 Å². The number of nitrogens with zero attached hydrogens (tertiary/aromatic N) is 8. The van der Waals surface area contributed by atoms with Gasteiger partial charge < -0.3 is 24.4 Å². The normalized spacial score (nSPS) is 17.0. The van der Waals surface area contributed by atoms with E-state index in [9.17, 15) is 4.79 Å². The molecule has 1 N–H and O–H groups in total. The maximum atomic E-state index is 15.6. The maximum Gasteiger partial charge on any atom is 0.246 e. The number of imidazole rings is 1. The average molecular weight is 580 g/mol. The first-order chi connectivity index (χ1) is 20.9. The van der Waals surface area contributed by atoms with Crippen LogP contribution >= 0.6 is 0 Å². The van der Waals surface area contributed by atoms with Crippen LogP contribution in [0.5, 0.6) is 11.5 Å². The summed E-state index contributed by atoms with van der Waals surface area (Å²) in [6.07, 6.45) is 8.34. The summed E-state index contributed by atoms with van der Waals surface area (Å²) in [7, 11) is 1.87. The van der Waals surface area contributed by atoms with Gasteiger partial charge in [-0.3, -0.25) is 4.79 Å². The summed E-state index contributed by atoms with van der Waals surface area (Å²) >= 11 is 0. The topological polar surface area (TPSA) is 114 Å². The van der Waals surface area contributed by atoms with E-state index in [-0.39, 0.29) is 17.6 Å². The number of rotatable bonds is 7. The van der Waals surface area contributed by atoms with Crippen LogP contribution in [0.15, 0.2) is 61.8 Å². The molecule has 7 rings (SSSR count). The second-order valence-electron chi connectivity index (χ2n) is 11.0. The number of anilines is 3. The van der Waals surface area contributed by atoms with E-state index in [2.05, 4.69) is 36.7 Å². The molecule has 218 valence electrons. The Kier molecular flexibility index (Phi) is 6.60. The number of carbonyl (C=O) groups is 1. The number of nitrogens with one attached hydrogen (secondary N) is 1. The van der Waals surface area contributed by atoms with Gasteiger partial charge in [-0.15, -0.1) is 0 Å². The summed E-state index contributed by atoms with van der Waals surface area (Å²) in [5, 5.41) is 3.12. The van der Waals surface area contributed by atoms with Gasteiger partial charge in [0.2, 0.25) is 5.91 Å². The molecule has 1 amide bonds. The summed E-state index contributed by atoms with van der Waals surface area (Å²) in [6.45, 7) is 7.28. The molecule has 0 bridgehead atoms. The van der Waals surface area contributed by atoms with Crippen molar-refractivity contribution in [1.29, 1.82) is 0 Å². The van der Waals surface area contributed by atoms with Crippen LogP contribution in [0.4, 0.5) is 21.7 Å². The minimum atomic E-state index is -0.470. The van der Waals surface area contributed by atoms with Crippen molar-refractivity contribution in [2.75, 3.05) is 29.9 Å². The fraction of sp³-hybridized carbons (Fsp3) is 0.290. The second kappa shape index (κ2) is 10.6. The Hall–Kier alpha value is -5.13. The largest absolute Gasteiger partial charge is 0.455 e.